The summed E-state index contributed by atoms with van der Waals surface area (Å²) in [5.41, 5.74) is 0.238. The molecule has 0 saturated carbocycles. The molecule has 2 aromatic rings. The van der Waals surface area contributed by atoms with Gasteiger partial charge >= 0.3 is 5.97 Å². The lowest BCUT2D eigenvalue weighted by molar-refractivity contribution is -0.714. The molecule has 0 aliphatic carbocycles. The van der Waals surface area contributed by atoms with Crippen LogP contribution in [0.15, 0.2) is 24.4 Å². The number of nitrogens with one attached hydrogen (secondary N) is 2. The van der Waals surface area contributed by atoms with Gasteiger partial charge in [-0.3, -0.25) is 4.79 Å². The molecule has 0 fully saturated rings. The van der Waals surface area contributed by atoms with Crippen molar-refractivity contribution in [1.29, 1.82) is 0 Å². The number of Topliss-reactive ketones (excluding diaryl/α,β-unsaturated/α-hetero) is 1. The number of carbonyl (C=O) groups is 2. The normalized spacial score (nSPS) is 10.9. The Morgan fingerprint density at radius 2 is 2.06 bits per heavy atom. The third-order valence-corrected chi connectivity index (χ3v) is 2.54. The number of esters is 1. The van der Waals surface area contributed by atoms with Gasteiger partial charge in [-0.2, -0.15) is 0 Å². The molecule has 0 radical (unpaired) electrons. The maximum Gasteiger partial charge on any atom is 0.379 e. The highest BCUT2D eigenvalue weighted by Gasteiger charge is 2.23. The number of H-pyrrole nitrogens is 1. The quantitative estimate of drug-likeness (QED) is 0.345. The Kier molecular flexibility index (Phi) is 3.11. The zero-order valence-corrected chi connectivity index (χ0v) is 9.35. The van der Waals surface area contributed by atoms with Crippen LogP contribution in [0.3, 0.4) is 0 Å². The van der Waals surface area contributed by atoms with E-state index in [9.17, 15) is 20.0 Å². The first-order valence-corrected chi connectivity index (χ1v) is 5.00. The Morgan fingerprint density at radius 1 is 1.33 bits per heavy atom. The maximum atomic E-state index is 11.7. The number of methoxy groups -OCH3 is 1. The number of rotatable bonds is 3. The van der Waals surface area contributed by atoms with E-state index in [2.05, 4.69) is 9.72 Å². The van der Waals surface area contributed by atoms with Crippen molar-refractivity contribution in [1.82, 2.24) is 4.98 Å². The lowest BCUT2D eigenvalue weighted by Crippen LogP contribution is -2.96. The zero-order valence-electron chi connectivity index (χ0n) is 9.35. The molecule has 0 aliphatic heterocycles. The number of aromatic amines is 1. The minimum absolute atomic E-state index is 0.0448. The molecule has 7 heteroatoms. The summed E-state index contributed by atoms with van der Waals surface area (Å²) in [6.07, 6.45) is 1.27. The van der Waals surface area contributed by atoms with Crippen molar-refractivity contribution in [3.8, 4) is 0 Å². The van der Waals surface area contributed by atoms with Gasteiger partial charge in [0, 0.05) is 12.3 Å². The highest BCUT2D eigenvalue weighted by molar-refractivity contribution is 6.43. The standard InChI is InChI=1S/C11H9N2O5/c1-18-11(15)10(14)6-5-12-7-3-2-4-8(9(6)7)13(16)17/h2-5,12-13H,1H3/q-1. The first kappa shape index (κ1) is 12.2. The highest BCUT2D eigenvalue weighted by atomic mass is 16.8. The summed E-state index contributed by atoms with van der Waals surface area (Å²) in [4.78, 5) is 25.6. The molecule has 7 nitrogen and oxygen atoms in total. The third-order valence-electron chi connectivity index (χ3n) is 2.54. The van der Waals surface area contributed by atoms with Gasteiger partial charge in [-0.1, -0.05) is 6.07 Å². The number of quaternary nitrogens is 1. The molecule has 0 amide bonds. The molecule has 18 heavy (non-hydrogen) atoms. The van der Waals surface area contributed by atoms with Crippen LogP contribution in [0, 0.1) is 10.4 Å². The van der Waals surface area contributed by atoms with E-state index in [4.69, 9.17) is 0 Å². The molecule has 1 aromatic heterocycles. The van der Waals surface area contributed by atoms with E-state index in [1.807, 2.05) is 0 Å². The Bertz CT molecular complexity index is 617. The maximum absolute atomic E-state index is 11.7. The van der Waals surface area contributed by atoms with Gasteiger partial charge in [0.25, 0.3) is 5.78 Å². The Labute approximate surface area is 101 Å². The van der Waals surface area contributed by atoms with Crippen LogP contribution < -0.4 is 5.23 Å². The lowest BCUT2D eigenvalue weighted by atomic mass is 10.1. The predicted molar refractivity (Wildman–Crippen MR) is 62.0 cm³/mol. The van der Waals surface area contributed by atoms with E-state index in [0.29, 0.717) is 5.52 Å². The first-order valence-electron chi connectivity index (χ1n) is 5.00. The zero-order chi connectivity index (χ0) is 13.3. The van der Waals surface area contributed by atoms with Gasteiger partial charge < -0.3 is 25.4 Å². The molecule has 2 N–H and O–H groups in total. The monoisotopic (exact) mass is 249 g/mol. The summed E-state index contributed by atoms with van der Waals surface area (Å²) in [5.74, 6) is -1.96. The van der Waals surface area contributed by atoms with Crippen LogP contribution in [-0.2, 0) is 9.53 Å². The lowest BCUT2D eigenvalue weighted by Gasteiger charge is -2.25. The SMILES string of the molecule is COC(=O)C(=O)c1c[nH]c2cccc([NH+]([O-])[O-])c12. The third kappa shape index (κ3) is 1.86. The van der Waals surface area contributed by atoms with Gasteiger partial charge in [-0.25, -0.2) is 4.79 Å². The van der Waals surface area contributed by atoms with Gasteiger partial charge in [0.05, 0.1) is 23.6 Å². The van der Waals surface area contributed by atoms with Crippen LogP contribution in [0.25, 0.3) is 10.9 Å². The number of ether oxygens (including phenoxy) is 1. The highest BCUT2D eigenvalue weighted by Crippen LogP contribution is 2.24. The summed E-state index contributed by atoms with van der Waals surface area (Å²) in [7, 11) is 1.08. The van der Waals surface area contributed by atoms with E-state index >= 15 is 0 Å². The first-order chi connectivity index (χ1) is 8.56. The molecule has 94 valence electrons. The van der Waals surface area contributed by atoms with Crippen molar-refractivity contribution in [2.75, 3.05) is 7.11 Å². The number of carbonyl (C=O) groups excluding carboxylic acids is 2. The van der Waals surface area contributed by atoms with Crippen LogP contribution in [0.2, 0.25) is 0 Å². The average molecular weight is 249 g/mol. The van der Waals surface area contributed by atoms with Crippen molar-refractivity contribution in [3.63, 3.8) is 0 Å². The Balaban J connectivity index is 2.66. The van der Waals surface area contributed by atoms with Crippen LogP contribution in [-0.4, -0.2) is 23.8 Å². The minimum atomic E-state index is -1.42. The number of hydrogen-bond donors (Lipinski definition) is 2. The molecule has 1 aromatic carbocycles. The van der Waals surface area contributed by atoms with Gasteiger partial charge in [0.15, 0.2) is 0 Å². The second kappa shape index (κ2) is 4.57. The summed E-state index contributed by atoms with van der Waals surface area (Å²) in [6.45, 7) is 0. The second-order valence-corrected chi connectivity index (χ2v) is 3.54. The summed E-state index contributed by atoms with van der Waals surface area (Å²) in [5, 5.41) is 20.7. The molecule has 0 unspecified atom stereocenters. The van der Waals surface area contributed by atoms with E-state index in [1.165, 1.54) is 18.3 Å². The Morgan fingerprint density at radius 3 is 2.67 bits per heavy atom. The summed E-state index contributed by atoms with van der Waals surface area (Å²) < 4.78 is 4.32. The molecule has 0 atom stereocenters. The van der Waals surface area contributed by atoms with Crippen LogP contribution in [0.5, 0.6) is 0 Å². The van der Waals surface area contributed by atoms with Gasteiger partial charge in [0.2, 0.25) is 0 Å². The molecule has 0 saturated heterocycles. The van der Waals surface area contributed by atoms with E-state index in [0.717, 1.165) is 7.11 Å². The molecule has 0 aliphatic rings. The largest absolute Gasteiger partial charge is 0.628 e. The molecule has 0 bridgehead atoms. The summed E-state index contributed by atoms with van der Waals surface area (Å²) in [6, 6.07) is 4.41. The number of fused-ring (bicyclic) bond motifs is 1. The van der Waals surface area contributed by atoms with Gasteiger partial charge in [-0.05, 0) is 6.07 Å². The Hall–Kier alpha value is -2.22. The van der Waals surface area contributed by atoms with Crippen LogP contribution in [0.4, 0.5) is 5.69 Å². The van der Waals surface area contributed by atoms with Crippen molar-refractivity contribution in [2.45, 2.75) is 0 Å². The number of ketones is 1. The molecular weight excluding hydrogens is 240 g/mol. The molecule has 2 rings (SSSR count). The van der Waals surface area contributed by atoms with E-state index < -0.39 is 17.0 Å². The van der Waals surface area contributed by atoms with Crippen LogP contribution >= 0.6 is 0 Å². The van der Waals surface area contributed by atoms with E-state index in [-0.39, 0.29) is 16.6 Å². The van der Waals surface area contributed by atoms with Crippen molar-refractivity contribution in [3.05, 3.63) is 40.4 Å². The molecular formula is C11H9N2O5-. The van der Waals surface area contributed by atoms with Gasteiger partial charge in [-0.15, -0.1) is 0 Å². The predicted octanol–water partition coefficient (Wildman–Crippen LogP) is 0.0356. The number of aromatic nitrogens is 1. The number of hydrogen-bond acceptors (Lipinski definition) is 5. The molecule has 1 heterocycles. The smallest absolute Gasteiger partial charge is 0.379 e. The molecule has 0 spiro atoms. The van der Waals surface area contributed by atoms with Gasteiger partial charge in [0.1, 0.15) is 5.69 Å². The fourth-order valence-corrected chi connectivity index (χ4v) is 1.74. The minimum Gasteiger partial charge on any atom is -0.628 e. The van der Waals surface area contributed by atoms with Crippen molar-refractivity contribution >= 4 is 28.3 Å². The fourth-order valence-electron chi connectivity index (χ4n) is 1.74. The van der Waals surface area contributed by atoms with Crippen molar-refractivity contribution in [2.24, 2.45) is 0 Å². The topological polar surface area (TPSA) is 110 Å². The van der Waals surface area contributed by atoms with E-state index in [1.54, 1.807) is 6.07 Å². The number of benzene rings is 1. The average Bonchev–Trinajstić information content (AvgIpc) is 2.80. The second-order valence-electron chi connectivity index (χ2n) is 3.54. The van der Waals surface area contributed by atoms with Crippen molar-refractivity contribution < 1.29 is 19.6 Å². The fraction of sp³-hybridized carbons (Fsp3) is 0.0909. The van der Waals surface area contributed by atoms with Crippen LogP contribution in [0.1, 0.15) is 10.4 Å². The summed E-state index contributed by atoms with van der Waals surface area (Å²) >= 11 is 0.